The van der Waals surface area contributed by atoms with Crippen molar-refractivity contribution in [3.63, 3.8) is 0 Å². The molecule has 0 fully saturated rings. The van der Waals surface area contributed by atoms with Gasteiger partial charge >= 0.3 is 0 Å². The van der Waals surface area contributed by atoms with Gasteiger partial charge in [0.1, 0.15) is 29.6 Å². The number of aryl methyl sites for hydroxylation is 2. The molecule has 2 aromatic carbocycles. The predicted octanol–water partition coefficient (Wildman–Crippen LogP) is 4.50. The number of oxazole rings is 1. The predicted molar refractivity (Wildman–Crippen MR) is 113 cm³/mol. The smallest absolute Gasteiger partial charge is 0.243 e. The van der Waals surface area contributed by atoms with Gasteiger partial charge in [-0.2, -0.15) is 0 Å². The number of amides is 1. The van der Waals surface area contributed by atoms with Crippen LogP contribution in [-0.4, -0.2) is 25.3 Å². The van der Waals surface area contributed by atoms with E-state index in [0.29, 0.717) is 36.1 Å². The number of fused-ring (bicyclic) bond motifs is 1. The molecule has 5 rings (SSSR count). The minimum absolute atomic E-state index is 0.0396. The summed E-state index contributed by atoms with van der Waals surface area (Å²) in [7, 11) is 0. The summed E-state index contributed by atoms with van der Waals surface area (Å²) in [5.74, 6) is 1.77. The Morgan fingerprint density at radius 3 is 2.61 bits per heavy atom. The fourth-order valence-electron chi connectivity index (χ4n) is 3.89. The molecule has 156 valence electrons. The first-order chi connectivity index (χ1) is 15.0. The van der Waals surface area contributed by atoms with Crippen LogP contribution in [0.5, 0.6) is 0 Å². The van der Waals surface area contributed by atoms with Gasteiger partial charge in [-0.25, -0.2) is 14.4 Å². The van der Waals surface area contributed by atoms with E-state index in [1.54, 1.807) is 30.9 Å². The number of imidazole rings is 1. The van der Waals surface area contributed by atoms with Gasteiger partial charge in [-0.15, -0.1) is 0 Å². The maximum atomic E-state index is 13.7. The van der Waals surface area contributed by atoms with Crippen molar-refractivity contribution in [1.82, 2.24) is 19.4 Å². The van der Waals surface area contributed by atoms with Crippen LogP contribution in [0.3, 0.4) is 0 Å². The average Bonchev–Trinajstić information content (AvgIpc) is 3.43. The van der Waals surface area contributed by atoms with Crippen LogP contribution >= 0.6 is 0 Å². The Labute approximate surface area is 179 Å². The number of rotatable bonds is 4. The van der Waals surface area contributed by atoms with Gasteiger partial charge in [0.25, 0.3) is 0 Å². The molecule has 0 spiro atoms. The maximum absolute atomic E-state index is 13.7. The highest BCUT2D eigenvalue weighted by Gasteiger charge is 2.28. The van der Waals surface area contributed by atoms with Crippen LogP contribution in [0.4, 0.5) is 4.39 Å². The lowest BCUT2D eigenvalue weighted by molar-refractivity contribution is -0.132. The highest BCUT2D eigenvalue weighted by molar-refractivity contribution is 5.78. The molecule has 1 aliphatic rings. The summed E-state index contributed by atoms with van der Waals surface area (Å²) in [5.41, 5.74) is 3.79. The van der Waals surface area contributed by atoms with Crippen molar-refractivity contribution >= 4 is 5.91 Å². The molecule has 0 atom stereocenters. The third kappa shape index (κ3) is 3.63. The molecule has 7 heteroatoms. The molecule has 2 aromatic heterocycles. The van der Waals surface area contributed by atoms with E-state index in [9.17, 15) is 9.18 Å². The Hall–Kier alpha value is -3.74. The maximum Gasteiger partial charge on any atom is 0.243 e. The summed E-state index contributed by atoms with van der Waals surface area (Å²) in [4.78, 5) is 23.9. The summed E-state index contributed by atoms with van der Waals surface area (Å²) in [6.07, 6.45) is 1.85. The molecule has 0 radical (unpaired) electrons. The minimum atomic E-state index is -0.253. The first-order valence-electron chi connectivity index (χ1n) is 10.1. The molecule has 31 heavy (non-hydrogen) atoms. The number of aromatic nitrogens is 3. The Balaban J connectivity index is 1.46. The SMILES string of the molecule is Cc1nc2c(o1)CN(C(=O)Cn1cc(-c3ccc(F)c(C)c3)nc1-c1ccccc1)C2. The standard InChI is InChI=1S/C24H21FN4O2/c1-15-10-18(8-9-19(15)25)20-11-29(24(27-20)17-6-4-3-5-7-17)14-23(30)28-12-21-22(13-28)31-16(2)26-21/h3-11H,12-14H2,1-2H3. The van der Waals surface area contributed by atoms with E-state index in [0.717, 1.165) is 22.6 Å². The molecule has 0 bridgehead atoms. The van der Waals surface area contributed by atoms with E-state index in [1.807, 2.05) is 41.1 Å². The quantitative estimate of drug-likeness (QED) is 0.491. The Morgan fingerprint density at radius 1 is 1.06 bits per heavy atom. The summed E-state index contributed by atoms with van der Waals surface area (Å²) in [6, 6.07) is 14.6. The van der Waals surface area contributed by atoms with Gasteiger partial charge in [0.15, 0.2) is 5.89 Å². The first kappa shape index (κ1) is 19.2. The van der Waals surface area contributed by atoms with Crippen LogP contribution in [0, 0.1) is 19.7 Å². The molecule has 3 heterocycles. The molecule has 0 N–H and O–H groups in total. The lowest BCUT2D eigenvalue weighted by Gasteiger charge is -2.16. The van der Waals surface area contributed by atoms with Crippen molar-refractivity contribution < 1.29 is 13.6 Å². The lowest BCUT2D eigenvalue weighted by Crippen LogP contribution is -2.29. The van der Waals surface area contributed by atoms with Crippen molar-refractivity contribution in [2.24, 2.45) is 0 Å². The number of benzene rings is 2. The van der Waals surface area contributed by atoms with Crippen molar-refractivity contribution in [3.8, 4) is 22.6 Å². The molecular formula is C24H21FN4O2. The topological polar surface area (TPSA) is 64.2 Å². The van der Waals surface area contributed by atoms with Gasteiger partial charge in [-0.05, 0) is 30.7 Å². The number of carbonyl (C=O) groups excluding carboxylic acids is 1. The van der Waals surface area contributed by atoms with Gasteiger partial charge in [0, 0.05) is 24.2 Å². The summed E-state index contributed by atoms with van der Waals surface area (Å²) in [5, 5.41) is 0. The highest BCUT2D eigenvalue weighted by atomic mass is 19.1. The normalized spacial score (nSPS) is 12.9. The van der Waals surface area contributed by atoms with E-state index in [4.69, 9.17) is 9.40 Å². The number of halogens is 1. The second-order valence-corrected chi connectivity index (χ2v) is 7.76. The van der Waals surface area contributed by atoms with E-state index in [1.165, 1.54) is 6.07 Å². The first-order valence-corrected chi connectivity index (χ1v) is 10.1. The fraction of sp³-hybridized carbons (Fsp3) is 0.208. The second-order valence-electron chi connectivity index (χ2n) is 7.76. The number of nitrogens with zero attached hydrogens (tertiary/aromatic N) is 4. The zero-order valence-corrected chi connectivity index (χ0v) is 17.3. The van der Waals surface area contributed by atoms with Crippen LogP contribution in [0.2, 0.25) is 0 Å². The van der Waals surface area contributed by atoms with Crippen LogP contribution in [-0.2, 0) is 24.4 Å². The molecule has 0 saturated heterocycles. The Bertz CT molecular complexity index is 1250. The minimum Gasteiger partial charge on any atom is -0.444 e. The van der Waals surface area contributed by atoms with E-state index in [-0.39, 0.29) is 18.3 Å². The van der Waals surface area contributed by atoms with Gasteiger partial charge < -0.3 is 13.9 Å². The summed E-state index contributed by atoms with van der Waals surface area (Å²) in [6.45, 7) is 4.55. The van der Waals surface area contributed by atoms with Gasteiger partial charge in [0.2, 0.25) is 5.91 Å². The summed E-state index contributed by atoms with van der Waals surface area (Å²) >= 11 is 0. The molecule has 4 aromatic rings. The third-order valence-corrected chi connectivity index (χ3v) is 5.48. The molecule has 0 saturated carbocycles. The Morgan fingerprint density at radius 2 is 1.87 bits per heavy atom. The van der Waals surface area contributed by atoms with E-state index in [2.05, 4.69) is 4.98 Å². The zero-order valence-electron chi connectivity index (χ0n) is 17.3. The monoisotopic (exact) mass is 416 g/mol. The van der Waals surface area contributed by atoms with Crippen molar-refractivity contribution in [2.45, 2.75) is 33.5 Å². The van der Waals surface area contributed by atoms with E-state index < -0.39 is 0 Å². The van der Waals surface area contributed by atoms with Crippen molar-refractivity contribution in [1.29, 1.82) is 0 Å². The second kappa shape index (κ2) is 7.50. The molecule has 6 nitrogen and oxygen atoms in total. The molecule has 1 amide bonds. The highest BCUT2D eigenvalue weighted by Crippen LogP contribution is 2.28. The molecule has 1 aliphatic heterocycles. The molecule has 0 unspecified atom stereocenters. The average molecular weight is 416 g/mol. The van der Waals surface area contributed by atoms with Crippen LogP contribution in [0.15, 0.2) is 59.1 Å². The van der Waals surface area contributed by atoms with Crippen LogP contribution in [0.25, 0.3) is 22.6 Å². The van der Waals surface area contributed by atoms with E-state index >= 15 is 0 Å². The van der Waals surface area contributed by atoms with Crippen molar-refractivity contribution in [3.05, 3.63) is 83.5 Å². The lowest BCUT2D eigenvalue weighted by atomic mass is 10.1. The molecular weight excluding hydrogens is 395 g/mol. The Kier molecular flexibility index (Phi) is 4.66. The van der Waals surface area contributed by atoms with Gasteiger partial charge in [-0.3, -0.25) is 4.79 Å². The van der Waals surface area contributed by atoms with Gasteiger partial charge in [-0.1, -0.05) is 30.3 Å². The number of carbonyl (C=O) groups is 1. The zero-order chi connectivity index (χ0) is 21.5. The van der Waals surface area contributed by atoms with Crippen molar-refractivity contribution in [2.75, 3.05) is 0 Å². The van der Waals surface area contributed by atoms with Crippen LogP contribution in [0.1, 0.15) is 22.9 Å². The number of hydrogen-bond acceptors (Lipinski definition) is 4. The molecule has 0 aliphatic carbocycles. The number of hydrogen-bond donors (Lipinski definition) is 0. The third-order valence-electron chi connectivity index (χ3n) is 5.48. The largest absolute Gasteiger partial charge is 0.444 e. The van der Waals surface area contributed by atoms with Crippen LogP contribution < -0.4 is 0 Å². The fourth-order valence-corrected chi connectivity index (χ4v) is 3.89. The van der Waals surface area contributed by atoms with Gasteiger partial charge in [0.05, 0.1) is 18.8 Å². The summed E-state index contributed by atoms with van der Waals surface area (Å²) < 4.78 is 21.2.